The number of rotatable bonds is 13. The van der Waals surface area contributed by atoms with Gasteiger partial charge in [-0.15, -0.1) is 0 Å². The van der Waals surface area contributed by atoms with Crippen LogP contribution in [0.1, 0.15) is 32.8 Å². The molecule has 0 bridgehead atoms. The molecule has 40 heavy (non-hydrogen) atoms. The van der Waals surface area contributed by atoms with Crippen LogP contribution in [0.4, 0.5) is 5.69 Å². The molecule has 0 aliphatic carbocycles. The monoisotopic (exact) mass is 567 g/mol. The molecule has 0 saturated carbocycles. The van der Waals surface area contributed by atoms with Gasteiger partial charge in [0.2, 0.25) is 11.8 Å². The van der Waals surface area contributed by atoms with E-state index < -0.39 is 28.5 Å². The largest absolute Gasteiger partial charge is 0.497 e. The van der Waals surface area contributed by atoms with Gasteiger partial charge in [0.25, 0.3) is 10.0 Å². The number of amides is 2. The average Bonchev–Trinajstić information content (AvgIpc) is 2.95. The van der Waals surface area contributed by atoms with E-state index >= 15 is 0 Å². The first-order valence-electron chi connectivity index (χ1n) is 13.1. The maximum Gasteiger partial charge on any atom is 0.264 e. The third-order valence-electron chi connectivity index (χ3n) is 6.27. The summed E-state index contributed by atoms with van der Waals surface area (Å²) in [4.78, 5) is 28.8. The van der Waals surface area contributed by atoms with Gasteiger partial charge in [-0.3, -0.25) is 13.9 Å². The van der Waals surface area contributed by atoms with Crippen molar-refractivity contribution in [3.05, 3.63) is 84.4 Å². The Morgan fingerprint density at radius 2 is 1.57 bits per heavy atom. The molecule has 0 unspecified atom stereocenters. The van der Waals surface area contributed by atoms with Gasteiger partial charge in [-0.2, -0.15) is 0 Å². The molecular weight excluding hydrogens is 530 g/mol. The molecule has 0 spiro atoms. The summed E-state index contributed by atoms with van der Waals surface area (Å²) >= 11 is 0. The van der Waals surface area contributed by atoms with Gasteiger partial charge in [-0.1, -0.05) is 49.4 Å². The average molecular weight is 568 g/mol. The van der Waals surface area contributed by atoms with E-state index in [1.165, 1.54) is 24.1 Å². The van der Waals surface area contributed by atoms with Crippen LogP contribution in [0.15, 0.2) is 83.8 Å². The van der Waals surface area contributed by atoms with E-state index in [0.29, 0.717) is 17.9 Å². The number of hydrogen-bond acceptors (Lipinski definition) is 6. The van der Waals surface area contributed by atoms with E-state index in [9.17, 15) is 18.0 Å². The van der Waals surface area contributed by atoms with E-state index in [-0.39, 0.29) is 29.1 Å². The zero-order chi connectivity index (χ0) is 29.3. The van der Waals surface area contributed by atoms with Gasteiger partial charge in [0.15, 0.2) is 0 Å². The third-order valence-corrected chi connectivity index (χ3v) is 8.04. The predicted molar refractivity (Wildman–Crippen MR) is 155 cm³/mol. The van der Waals surface area contributed by atoms with Gasteiger partial charge in [0.1, 0.15) is 24.1 Å². The summed E-state index contributed by atoms with van der Waals surface area (Å²) in [5, 5.41) is 2.89. The van der Waals surface area contributed by atoms with E-state index in [0.717, 1.165) is 9.87 Å². The number of methoxy groups -OCH3 is 2. The lowest BCUT2D eigenvalue weighted by atomic mass is 10.1. The number of carbonyl (C=O) groups is 2. The first kappa shape index (κ1) is 30.5. The van der Waals surface area contributed by atoms with Gasteiger partial charge < -0.3 is 19.7 Å². The molecule has 3 aromatic carbocycles. The lowest BCUT2D eigenvalue weighted by Crippen LogP contribution is -2.53. The quantitative estimate of drug-likeness (QED) is 0.332. The number of sulfonamides is 1. The van der Waals surface area contributed by atoms with Crippen LogP contribution in [-0.4, -0.2) is 58.0 Å². The number of nitrogens with zero attached hydrogens (tertiary/aromatic N) is 2. The highest BCUT2D eigenvalue weighted by Crippen LogP contribution is 2.32. The van der Waals surface area contributed by atoms with Crippen LogP contribution in [-0.2, 0) is 26.2 Å². The van der Waals surface area contributed by atoms with E-state index in [1.807, 2.05) is 26.8 Å². The molecule has 1 atom stereocenters. The molecule has 2 amide bonds. The number of carbonyl (C=O) groups excluding carboxylic acids is 2. The van der Waals surface area contributed by atoms with Crippen LogP contribution in [0.5, 0.6) is 11.5 Å². The lowest BCUT2D eigenvalue weighted by Gasteiger charge is -2.34. The van der Waals surface area contributed by atoms with E-state index in [2.05, 4.69) is 5.32 Å². The van der Waals surface area contributed by atoms with Crippen molar-refractivity contribution in [1.82, 2.24) is 10.2 Å². The summed E-state index contributed by atoms with van der Waals surface area (Å²) in [5.41, 5.74) is 0.946. The molecule has 0 fully saturated rings. The van der Waals surface area contributed by atoms with Crippen LogP contribution in [0.3, 0.4) is 0 Å². The topological polar surface area (TPSA) is 105 Å². The predicted octanol–water partition coefficient (Wildman–Crippen LogP) is 4.23. The zero-order valence-electron chi connectivity index (χ0n) is 23.5. The van der Waals surface area contributed by atoms with Gasteiger partial charge in [-0.05, 0) is 62.2 Å². The third kappa shape index (κ3) is 7.32. The van der Waals surface area contributed by atoms with Crippen LogP contribution in [0.2, 0.25) is 0 Å². The van der Waals surface area contributed by atoms with Crippen molar-refractivity contribution < 1.29 is 27.5 Å². The number of nitrogens with one attached hydrogen (secondary N) is 1. The smallest absolute Gasteiger partial charge is 0.264 e. The summed E-state index contributed by atoms with van der Waals surface area (Å²) in [6.45, 7) is 5.02. The second-order valence-corrected chi connectivity index (χ2v) is 11.3. The number of ether oxygens (including phenoxy) is 2. The maximum absolute atomic E-state index is 14.1. The fraction of sp³-hybridized carbons (Fsp3) is 0.333. The molecule has 10 heteroatoms. The van der Waals surface area contributed by atoms with Gasteiger partial charge in [-0.25, -0.2) is 8.42 Å². The fourth-order valence-corrected chi connectivity index (χ4v) is 5.78. The normalized spacial score (nSPS) is 11.9. The van der Waals surface area contributed by atoms with Crippen molar-refractivity contribution in [2.75, 3.05) is 25.1 Å². The summed E-state index contributed by atoms with van der Waals surface area (Å²) in [6.07, 6.45) is 0.328. The van der Waals surface area contributed by atoms with Crippen molar-refractivity contribution in [2.24, 2.45) is 0 Å². The highest BCUT2D eigenvalue weighted by Gasteiger charge is 2.34. The Kier molecular flexibility index (Phi) is 10.6. The fourth-order valence-electron chi connectivity index (χ4n) is 4.34. The van der Waals surface area contributed by atoms with Crippen molar-refractivity contribution >= 4 is 27.5 Å². The minimum Gasteiger partial charge on any atom is -0.497 e. The molecule has 0 heterocycles. The second-order valence-electron chi connectivity index (χ2n) is 9.46. The summed E-state index contributed by atoms with van der Waals surface area (Å²) < 4.78 is 39.7. The number of anilines is 1. The number of benzene rings is 3. The highest BCUT2D eigenvalue weighted by molar-refractivity contribution is 7.92. The van der Waals surface area contributed by atoms with Crippen LogP contribution in [0.25, 0.3) is 0 Å². The van der Waals surface area contributed by atoms with Crippen LogP contribution in [0, 0.1) is 0 Å². The van der Waals surface area contributed by atoms with Crippen molar-refractivity contribution in [3.8, 4) is 11.5 Å². The Morgan fingerprint density at radius 3 is 2.20 bits per heavy atom. The van der Waals surface area contributed by atoms with Crippen molar-refractivity contribution in [2.45, 2.75) is 50.7 Å². The lowest BCUT2D eigenvalue weighted by molar-refractivity contribution is -0.140. The van der Waals surface area contributed by atoms with Crippen LogP contribution < -0.4 is 19.1 Å². The molecule has 0 aliphatic heterocycles. The van der Waals surface area contributed by atoms with Crippen molar-refractivity contribution in [3.63, 3.8) is 0 Å². The SMILES string of the molecule is CC[C@@H](C(=O)NC(C)C)N(Cc1cccc(OC)c1)C(=O)CN(c1ccccc1OC)S(=O)(=O)c1ccccc1. The maximum atomic E-state index is 14.1. The second kappa shape index (κ2) is 13.8. The van der Waals surface area contributed by atoms with E-state index in [4.69, 9.17) is 9.47 Å². The van der Waals surface area contributed by atoms with Crippen molar-refractivity contribution in [1.29, 1.82) is 0 Å². The number of hydrogen-bond donors (Lipinski definition) is 1. The molecule has 3 rings (SSSR count). The first-order valence-corrected chi connectivity index (χ1v) is 14.5. The number of para-hydroxylation sites is 2. The molecule has 9 nitrogen and oxygen atoms in total. The molecule has 0 radical (unpaired) electrons. The molecular formula is C30H37N3O6S. The molecule has 0 aromatic heterocycles. The highest BCUT2D eigenvalue weighted by atomic mass is 32.2. The van der Waals surface area contributed by atoms with Gasteiger partial charge in [0, 0.05) is 12.6 Å². The molecule has 3 aromatic rings. The standard InChI is InChI=1S/C30H37N3O6S/c1-6-26(30(35)31-22(2)3)32(20-23-13-12-14-24(19-23)38-4)29(34)21-33(27-17-10-11-18-28(27)39-5)40(36,37)25-15-8-7-9-16-25/h7-19,22,26H,6,20-21H2,1-5H3,(H,31,35)/t26-/m0/s1. The minimum absolute atomic E-state index is 0.0256. The Morgan fingerprint density at radius 1 is 0.900 bits per heavy atom. The Bertz CT molecular complexity index is 1400. The molecule has 0 saturated heterocycles. The van der Waals surface area contributed by atoms with Gasteiger partial charge >= 0.3 is 0 Å². The minimum atomic E-state index is -4.19. The summed E-state index contributed by atoms with van der Waals surface area (Å²) in [7, 11) is -1.20. The zero-order valence-corrected chi connectivity index (χ0v) is 24.4. The molecule has 1 N–H and O–H groups in total. The Balaban J connectivity index is 2.10. The van der Waals surface area contributed by atoms with Gasteiger partial charge in [0.05, 0.1) is 24.8 Å². The van der Waals surface area contributed by atoms with Crippen LogP contribution >= 0.6 is 0 Å². The molecule has 214 valence electrons. The summed E-state index contributed by atoms with van der Waals surface area (Å²) in [5.74, 6) is 0.0353. The first-order chi connectivity index (χ1) is 19.1. The Labute approximate surface area is 236 Å². The van der Waals surface area contributed by atoms with E-state index in [1.54, 1.807) is 67.8 Å². The Hall–Kier alpha value is -4.05. The summed E-state index contributed by atoms with van der Waals surface area (Å²) in [6, 6.07) is 20.7. The molecule has 0 aliphatic rings.